The fourth-order valence-electron chi connectivity index (χ4n) is 0.736. The van der Waals surface area contributed by atoms with Gasteiger partial charge >= 0.3 is 5.97 Å². The second-order valence-corrected chi connectivity index (χ2v) is 2.18. The molecule has 1 atom stereocenters. The molecule has 11 heavy (non-hydrogen) atoms. The highest BCUT2D eigenvalue weighted by atomic mass is 16.7. The Morgan fingerprint density at radius 2 is 2.09 bits per heavy atom. The Hall–Kier alpha value is -0.940. The quantitative estimate of drug-likeness (QED) is 0.404. The third-order valence-electron chi connectivity index (χ3n) is 1.35. The summed E-state index contributed by atoms with van der Waals surface area (Å²) in [7, 11) is 0. The van der Waals surface area contributed by atoms with Gasteiger partial charge in [-0.3, -0.25) is 4.79 Å². The van der Waals surface area contributed by atoms with Crippen molar-refractivity contribution in [2.24, 2.45) is 17.5 Å². The predicted octanol–water partition coefficient (Wildman–Crippen LogP) is -1.04. The third kappa shape index (κ3) is 3.10. The van der Waals surface area contributed by atoms with E-state index in [2.05, 4.69) is 10.7 Å². The highest BCUT2D eigenvalue weighted by molar-refractivity contribution is 5.97. The van der Waals surface area contributed by atoms with Crippen LogP contribution in [0, 0.1) is 5.92 Å². The summed E-state index contributed by atoms with van der Waals surface area (Å²) in [5, 5.41) is 0. The lowest BCUT2D eigenvalue weighted by Crippen LogP contribution is -2.28. The number of nitrogens with two attached hydrogens (primary N) is 2. The van der Waals surface area contributed by atoms with Gasteiger partial charge in [0.2, 0.25) is 0 Å². The summed E-state index contributed by atoms with van der Waals surface area (Å²) in [5.41, 5.74) is 5.16. The molecule has 0 aromatic rings. The van der Waals surface area contributed by atoms with E-state index in [1.807, 2.05) is 0 Å². The number of carbonyl (C=O) groups excluding carboxylic acids is 2. The summed E-state index contributed by atoms with van der Waals surface area (Å²) < 4.78 is 0. The van der Waals surface area contributed by atoms with Crippen molar-refractivity contribution in [3.05, 3.63) is 0 Å². The first-order valence-corrected chi connectivity index (χ1v) is 3.24. The molecule has 0 spiro atoms. The Balaban J connectivity index is 4.09. The smallest absolute Gasteiger partial charge is 0.334 e. The molecule has 0 aromatic carbocycles. The summed E-state index contributed by atoms with van der Waals surface area (Å²) in [4.78, 5) is 25.4. The van der Waals surface area contributed by atoms with Crippen molar-refractivity contribution >= 4 is 11.8 Å². The number of ketones is 1. The number of Topliss-reactive ketones (excluding diaryl/α,β-unsaturated/α-hetero) is 1. The molecule has 0 aliphatic rings. The van der Waals surface area contributed by atoms with Crippen molar-refractivity contribution in [1.82, 2.24) is 0 Å². The van der Waals surface area contributed by atoms with Gasteiger partial charge < -0.3 is 10.6 Å². The Kier molecular flexibility index (Phi) is 4.40. The largest absolute Gasteiger partial charge is 0.373 e. The summed E-state index contributed by atoms with van der Waals surface area (Å²) in [6.45, 7) is 1.57. The summed E-state index contributed by atoms with van der Waals surface area (Å²) in [5.74, 6) is 2.81. The van der Waals surface area contributed by atoms with Gasteiger partial charge in [0.05, 0.1) is 0 Å². The predicted molar refractivity (Wildman–Crippen MR) is 38.1 cm³/mol. The van der Waals surface area contributed by atoms with Crippen LogP contribution < -0.4 is 11.6 Å². The van der Waals surface area contributed by atoms with Crippen LogP contribution in [0.2, 0.25) is 0 Å². The van der Waals surface area contributed by atoms with E-state index >= 15 is 0 Å². The lowest BCUT2D eigenvalue weighted by molar-refractivity contribution is -0.152. The van der Waals surface area contributed by atoms with Gasteiger partial charge in [-0.05, 0) is 19.9 Å². The average Bonchev–Trinajstić information content (AvgIpc) is 1.98. The minimum absolute atomic E-state index is 0.263. The first kappa shape index (κ1) is 10.1. The highest BCUT2D eigenvalue weighted by Crippen LogP contribution is 2.04. The van der Waals surface area contributed by atoms with Crippen molar-refractivity contribution in [3.8, 4) is 0 Å². The third-order valence-corrected chi connectivity index (χ3v) is 1.35. The van der Waals surface area contributed by atoms with Gasteiger partial charge in [-0.1, -0.05) is 0 Å². The zero-order chi connectivity index (χ0) is 8.85. The number of hydrogen-bond donors (Lipinski definition) is 2. The standard InChI is InChI=1S/C6H12N2O3/c1-4(9)5(2-3-7)6(10)11-8/h5H,2-3,7-8H2,1H3. The molecular formula is C6H12N2O3. The molecule has 5 nitrogen and oxygen atoms in total. The van der Waals surface area contributed by atoms with E-state index in [0.717, 1.165) is 0 Å². The maximum absolute atomic E-state index is 10.7. The fraction of sp³-hybridized carbons (Fsp3) is 0.667. The molecule has 0 aliphatic carbocycles. The molecule has 0 saturated carbocycles. The molecule has 64 valence electrons. The van der Waals surface area contributed by atoms with E-state index in [1.165, 1.54) is 6.92 Å². The van der Waals surface area contributed by atoms with Gasteiger partial charge in [-0.15, -0.1) is 0 Å². The van der Waals surface area contributed by atoms with Gasteiger partial charge in [0.25, 0.3) is 0 Å². The van der Waals surface area contributed by atoms with Crippen LogP contribution in [0.4, 0.5) is 0 Å². The van der Waals surface area contributed by atoms with Gasteiger partial charge in [0.1, 0.15) is 11.7 Å². The van der Waals surface area contributed by atoms with Crippen molar-refractivity contribution < 1.29 is 14.4 Å². The summed E-state index contributed by atoms with van der Waals surface area (Å²) in [6.07, 6.45) is 0.283. The van der Waals surface area contributed by atoms with Crippen LogP contribution in [0.25, 0.3) is 0 Å². The van der Waals surface area contributed by atoms with E-state index in [1.54, 1.807) is 0 Å². The zero-order valence-electron chi connectivity index (χ0n) is 6.37. The van der Waals surface area contributed by atoms with Crippen molar-refractivity contribution in [2.45, 2.75) is 13.3 Å². The van der Waals surface area contributed by atoms with E-state index in [4.69, 9.17) is 5.73 Å². The normalized spacial score (nSPS) is 12.3. The van der Waals surface area contributed by atoms with Crippen molar-refractivity contribution in [3.63, 3.8) is 0 Å². The van der Waals surface area contributed by atoms with Crippen LogP contribution in [-0.2, 0) is 14.4 Å². The Morgan fingerprint density at radius 3 is 2.36 bits per heavy atom. The Labute approximate surface area is 64.6 Å². The van der Waals surface area contributed by atoms with Crippen molar-refractivity contribution in [1.29, 1.82) is 0 Å². The van der Waals surface area contributed by atoms with E-state index in [9.17, 15) is 9.59 Å². The maximum atomic E-state index is 10.7. The molecule has 0 saturated heterocycles. The van der Waals surface area contributed by atoms with Gasteiger partial charge in [-0.2, -0.15) is 5.90 Å². The molecule has 0 rings (SSSR count). The van der Waals surface area contributed by atoms with E-state index in [-0.39, 0.29) is 18.7 Å². The van der Waals surface area contributed by atoms with Gasteiger partial charge in [0.15, 0.2) is 0 Å². The lowest BCUT2D eigenvalue weighted by Gasteiger charge is -2.07. The molecule has 1 unspecified atom stereocenters. The molecule has 0 bridgehead atoms. The summed E-state index contributed by atoms with van der Waals surface area (Å²) in [6, 6.07) is 0. The topological polar surface area (TPSA) is 95.4 Å². The van der Waals surface area contributed by atoms with Crippen LogP contribution in [0.3, 0.4) is 0 Å². The molecule has 4 N–H and O–H groups in total. The number of hydrogen-bond acceptors (Lipinski definition) is 5. The van der Waals surface area contributed by atoms with Gasteiger partial charge in [-0.25, -0.2) is 4.79 Å². The van der Waals surface area contributed by atoms with Crippen LogP contribution in [0.15, 0.2) is 0 Å². The Bertz CT molecular complexity index is 158. The highest BCUT2D eigenvalue weighted by Gasteiger charge is 2.23. The van der Waals surface area contributed by atoms with E-state index in [0.29, 0.717) is 0 Å². The Morgan fingerprint density at radius 1 is 1.55 bits per heavy atom. The monoisotopic (exact) mass is 160 g/mol. The zero-order valence-corrected chi connectivity index (χ0v) is 6.37. The summed E-state index contributed by atoms with van der Waals surface area (Å²) >= 11 is 0. The first-order chi connectivity index (χ1) is 5.13. The van der Waals surface area contributed by atoms with Gasteiger partial charge in [0, 0.05) is 0 Å². The van der Waals surface area contributed by atoms with E-state index < -0.39 is 11.9 Å². The van der Waals surface area contributed by atoms with Crippen molar-refractivity contribution in [2.75, 3.05) is 6.54 Å². The second kappa shape index (κ2) is 4.81. The fourth-order valence-corrected chi connectivity index (χ4v) is 0.736. The van der Waals surface area contributed by atoms with Crippen LogP contribution >= 0.6 is 0 Å². The second-order valence-electron chi connectivity index (χ2n) is 2.18. The molecule has 0 heterocycles. The molecule has 0 amide bonds. The maximum Gasteiger partial charge on any atom is 0.334 e. The SMILES string of the molecule is CC(=O)C(CCN)C(=O)ON. The minimum Gasteiger partial charge on any atom is -0.373 e. The lowest BCUT2D eigenvalue weighted by atomic mass is 10.0. The molecular weight excluding hydrogens is 148 g/mol. The molecule has 5 heteroatoms. The van der Waals surface area contributed by atoms with Crippen LogP contribution in [0.1, 0.15) is 13.3 Å². The number of carbonyl (C=O) groups is 2. The van der Waals surface area contributed by atoms with Crippen LogP contribution in [0.5, 0.6) is 0 Å². The molecule has 0 aliphatic heterocycles. The molecule has 0 aromatic heterocycles. The first-order valence-electron chi connectivity index (χ1n) is 3.24. The number of rotatable bonds is 4. The van der Waals surface area contributed by atoms with Crippen LogP contribution in [-0.4, -0.2) is 18.3 Å². The molecule has 0 fully saturated rings. The minimum atomic E-state index is -0.801. The molecule has 0 radical (unpaired) electrons. The average molecular weight is 160 g/mol.